The SMILES string of the molecule is C[C@H](Oc1nc2c3c(c(Cl)c(-c4ccc(F)c5sc(NC(=O)OC(C)(C)C)c(C#N)c45)c(F)c3n1)OCCN2C1CCOC1)[C@@H]1CCCN1C. The van der Waals surface area contributed by atoms with Crippen molar-refractivity contribution >= 4 is 60.8 Å². The Hall–Kier alpha value is -4.03. The molecular weight excluding hydrogens is 690 g/mol. The summed E-state index contributed by atoms with van der Waals surface area (Å²) in [5, 5.41) is 13.2. The number of likely N-dealkylation sites (N-methyl/N-ethyl adjacent to an activating group) is 1. The lowest BCUT2D eigenvalue weighted by molar-refractivity contribution is 0.0636. The van der Waals surface area contributed by atoms with Crippen LogP contribution >= 0.6 is 22.9 Å². The summed E-state index contributed by atoms with van der Waals surface area (Å²) < 4.78 is 56.4. The molecule has 5 heterocycles. The van der Waals surface area contributed by atoms with E-state index in [0.717, 1.165) is 37.1 Å². The molecule has 2 saturated heterocycles. The predicted molar refractivity (Wildman–Crippen MR) is 188 cm³/mol. The van der Waals surface area contributed by atoms with Crippen molar-refractivity contribution in [2.45, 2.75) is 70.7 Å². The number of likely N-dealkylation sites (tertiary alicyclic amines) is 1. The van der Waals surface area contributed by atoms with Gasteiger partial charge in [0.1, 0.15) is 46.5 Å². The lowest BCUT2D eigenvalue weighted by Crippen LogP contribution is -2.39. The predicted octanol–water partition coefficient (Wildman–Crippen LogP) is 7.51. The molecule has 1 N–H and O–H groups in total. The van der Waals surface area contributed by atoms with Crippen molar-refractivity contribution in [3.05, 3.63) is 34.4 Å². The highest BCUT2D eigenvalue weighted by molar-refractivity contribution is 7.23. The summed E-state index contributed by atoms with van der Waals surface area (Å²) in [7, 11) is 2.05. The molecule has 3 aliphatic rings. The van der Waals surface area contributed by atoms with Crippen molar-refractivity contribution in [2.75, 3.05) is 50.2 Å². The minimum Gasteiger partial charge on any atom is -0.489 e. The van der Waals surface area contributed by atoms with Crippen LogP contribution in [0.2, 0.25) is 5.02 Å². The van der Waals surface area contributed by atoms with Gasteiger partial charge in [-0.05, 0) is 72.2 Å². The van der Waals surface area contributed by atoms with Gasteiger partial charge in [0.05, 0.1) is 39.9 Å². The van der Waals surface area contributed by atoms with Crippen molar-refractivity contribution in [3.8, 4) is 29.0 Å². The van der Waals surface area contributed by atoms with Gasteiger partial charge in [0.25, 0.3) is 0 Å². The van der Waals surface area contributed by atoms with Crippen LogP contribution in [-0.2, 0) is 9.47 Å². The van der Waals surface area contributed by atoms with Gasteiger partial charge in [0.2, 0.25) is 0 Å². The fourth-order valence-electron chi connectivity index (χ4n) is 7.09. The number of halogens is 3. The Morgan fingerprint density at radius 3 is 2.68 bits per heavy atom. The second-order valence-corrected chi connectivity index (χ2v) is 15.2. The van der Waals surface area contributed by atoms with Crippen LogP contribution in [0.25, 0.3) is 32.1 Å². The maximum absolute atomic E-state index is 17.3. The number of amides is 1. The summed E-state index contributed by atoms with van der Waals surface area (Å²) in [5.74, 6) is -0.878. The van der Waals surface area contributed by atoms with E-state index in [1.165, 1.54) is 12.1 Å². The molecule has 1 amide bonds. The fraction of sp³-hybridized carbons (Fsp3) is 0.486. The van der Waals surface area contributed by atoms with E-state index >= 15 is 8.78 Å². The summed E-state index contributed by atoms with van der Waals surface area (Å²) in [6.45, 7) is 9.67. The van der Waals surface area contributed by atoms with Gasteiger partial charge in [0, 0.05) is 23.6 Å². The van der Waals surface area contributed by atoms with Gasteiger partial charge < -0.3 is 23.8 Å². The Bertz CT molecular complexity index is 2040. The number of thiophene rings is 1. The quantitative estimate of drug-likeness (QED) is 0.214. The molecule has 2 fully saturated rings. The summed E-state index contributed by atoms with van der Waals surface area (Å²) >= 11 is 7.92. The zero-order chi connectivity index (χ0) is 35.5. The average Bonchev–Trinajstić information content (AvgIpc) is 3.79. The molecule has 0 bridgehead atoms. The van der Waals surface area contributed by atoms with Gasteiger partial charge in [-0.3, -0.25) is 10.2 Å². The van der Waals surface area contributed by atoms with E-state index in [4.69, 9.17) is 35.5 Å². The number of anilines is 2. The molecule has 11 nitrogen and oxygen atoms in total. The molecule has 2 aromatic carbocycles. The van der Waals surface area contributed by atoms with Crippen LogP contribution in [0.3, 0.4) is 0 Å². The Morgan fingerprint density at radius 2 is 2.00 bits per heavy atom. The molecular formula is C35H37ClF2N6O5S. The minimum atomic E-state index is -0.821. The number of hydrogen-bond donors (Lipinski definition) is 1. The monoisotopic (exact) mass is 726 g/mol. The standard InChI is InChI=1S/C35H37ClF2N6O5S/c1-17(22-7-6-11-43(22)5)48-33-40-28-25-29(47-14-12-44(31(25)41-33)18-10-13-46-16-18)26(36)24(27(28)38)19-8-9-21(37)30-23(19)20(15-39)32(50-30)42-34(45)49-35(2,3)4/h8-9,17-18,22H,6-7,10-14,16H2,1-5H3,(H,42,45)/t17-,18?,22-/m0/s1. The van der Waals surface area contributed by atoms with Gasteiger partial charge in [-0.2, -0.15) is 15.2 Å². The first kappa shape index (κ1) is 34.4. The van der Waals surface area contributed by atoms with E-state index in [1.807, 2.05) is 18.9 Å². The Kier molecular flexibility index (Phi) is 9.13. The first-order valence-electron chi connectivity index (χ1n) is 16.6. The van der Waals surface area contributed by atoms with Crippen LogP contribution in [0.4, 0.5) is 24.4 Å². The molecule has 0 spiro atoms. The van der Waals surface area contributed by atoms with Crippen LogP contribution in [0.15, 0.2) is 12.1 Å². The van der Waals surface area contributed by atoms with Crippen molar-refractivity contribution in [1.82, 2.24) is 14.9 Å². The Labute approximate surface area is 297 Å². The zero-order valence-electron chi connectivity index (χ0n) is 28.4. The minimum absolute atomic E-state index is 0.00517. The number of hydrogen-bond acceptors (Lipinski definition) is 11. The number of rotatable bonds is 6. The molecule has 0 aliphatic carbocycles. The first-order chi connectivity index (χ1) is 23.9. The summed E-state index contributed by atoms with van der Waals surface area (Å²) in [6, 6.07) is 4.71. The topological polar surface area (TPSA) is 122 Å². The number of fused-ring (bicyclic) bond motifs is 1. The van der Waals surface area contributed by atoms with Crippen LogP contribution in [0.1, 0.15) is 52.5 Å². The zero-order valence-corrected chi connectivity index (χ0v) is 29.9. The van der Waals surface area contributed by atoms with Crippen LogP contribution in [-0.4, -0.2) is 84.7 Å². The van der Waals surface area contributed by atoms with Crippen LogP contribution < -0.4 is 19.7 Å². The molecule has 0 saturated carbocycles. The third-order valence-electron chi connectivity index (χ3n) is 9.34. The molecule has 1 unspecified atom stereocenters. The van der Waals surface area contributed by atoms with Gasteiger partial charge in [-0.15, -0.1) is 11.3 Å². The molecule has 4 aromatic rings. The third-order valence-corrected chi connectivity index (χ3v) is 10.8. The van der Waals surface area contributed by atoms with Crippen LogP contribution in [0.5, 0.6) is 11.8 Å². The second kappa shape index (κ2) is 13.3. The maximum Gasteiger partial charge on any atom is 0.412 e. The third kappa shape index (κ3) is 6.14. The van der Waals surface area contributed by atoms with Crippen molar-refractivity contribution in [2.24, 2.45) is 0 Å². The highest BCUT2D eigenvalue weighted by Gasteiger charge is 2.36. The normalized spacial score (nSPS) is 20.1. The van der Waals surface area contributed by atoms with E-state index in [9.17, 15) is 10.1 Å². The van der Waals surface area contributed by atoms with Crippen molar-refractivity contribution in [3.63, 3.8) is 0 Å². The molecule has 3 atom stereocenters. The molecule has 50 heavy (non-hydrogen) atoms. The lowest BCUT2D eigenvalue weighted by Gasteiger charge is -2.29. The van der Waals surface area contributed by atoms with E-state index in [-0.39, 0.29) is 84.3 Å². The van der Waals surface area contributed by atoms with Crippen molar-refractivity contribution in [1.29, 1.82) is 5.26 Å². The second-order valence-electron chi connectivity index (χ2n) is 13.8. The average molecular weight is 727 g/mol. The number of carbonyl (C=O) groups is 1. The van der Waals surface area contributed by atoms with E-state index in [2.05, 4.69) is 21.3 Å². The molecule has 2 aromatic heterocycles. The molecule has 264 valence electrons. The lowest BCUT2D eigenvalue weighted by atomic mass is 9.96. The molecule has 15 heteroatoms. The summed E-state index contributed by atoms with van der Waals surface area (Å²) in [4.78, 5) is 26.4. The van der Waals surface area contributed by atoms with Gasteiger partial charge >= 0.3 is 12.1 Å². The van der Waals surface area contributed by atoms with Gasteiger partial charge in [-0.1, -0.05) is 17.7 Å². The molecule has 7 rings (SSSR count). The number of benzene rings is 2. The number of aromatic nitrogens is 2. The summed E-state index contributed by atoms with van der Waals surface area (Å²) in [5.41, 5.74) is -0.975. The Balaban J connectivity index is 1.44. The number of carbonyl (C=O) groups excluding carboxylic acids is 1. The van der Waals surface area contributed by atoms with E-state index in [1.54, 1.807) is 20.8 Å². The number of nitrogens with one attached hydrogen (secondary N) is 1. The van der Waals surface area contributed by atoms with Crippen molar-refractivity contribution < 1.29 is 32.5 Å². The van der Waals surface area contributed by atoms with Gasteiger partial charge in [-0.25, -0.2) is 13.6 Å². The Morgan fingerprint density at radius 1 is 1.20 bits per heavy atom. The number of nitriles is 1. The number of nitrogens with zero attached hydrogens (tertiary/aromatic N) is 5. The molecule has 3 aliphatic heterocycles. The maximum atomic E-state index is 17.3. The highest BCUT2D eigenvalue weighted by Crippen LogP contribution is 2.51. The fourth-order valence-corrected chi connectivity index (χ4v) is 8.49. The first-order valence-corrected chi connectivity index (χ1v) is 17.8. The summed E-state index contributed by atoms with van der Waals surface area (Å²) in [6.07, 6.45) is 1.63. The van der Waals surface area contributed by atoms with E-state index < -0.39 is 23.3 Å². The van der Waals surface area contributed by atoms with Crippen LogP contribution in [0, 0.1) is 23.0 Å². The highest BCUT2D eigenvalue weighted by atomic mass is 35.5. The van der Waals surface area contributed by atoms with Gasteiger partial charge in [0.15, 0.2) is 11.6 Å². The largest absolute Gasteiger partial charge is 0.489 e. The molecule has 0 radical (unpaired) electrons. The smallest absolute Gasteiger partial charge is 0.412 e. The number of ether oxygens (including phenoxy) is 4. The van der Waals surface area contributed by atoms with E-state index in [0.29, 0.717) is 25.6 Å².